The first kappa shape index (κ1) is 83.7. The second kappa shape index (κ2) is 67.1. The molecule has 0 heterocycles. The molecule has 0 bridgehead atoms. The molecule has 1 amide bonds. The summed E-state index contributed by atoms with van der Waals surface area (Å²) >= 11 is 0. The molecule has 0 spiro atoms. The molecule has 85 heavy (non-hydrogen) atoms. The smallest absolute Gasteiger partial charge is 0.268 e. The van der Waals surface area contributed by atoms with E-state index in [1.807, 2.05) is 27.2 Å². The van der Waals surface area contributed by atoms with Crippen LogP contribution in [0.1, 0.15) is 393 Å². The number of aliphatic hydroxyl groups excluding tert-OH is 1. The van der Waals surface area contributed by atoms with Crippen molar-refractivity contribution in [1.82, 2.24) is 5.32 Å². The molecule has 0 aromatic carbocycles. The lowest BCUT2D eigenvalue weighted by Gasteiger charge is -2.29. The van der Waals surface area contributed by atoms with Crippen LogP contribution in [0.4, 0.5) is 0 Å². The van der Waals surface area contributed by atoms with Gasteiger partial charge in [0.1, 0.15) is 13.2 Å². The number of phosphoric ester groups is 1. The van der Waals surface area contributed by atoms with Crippen LogP contribution in [0.25, 0.3) is 0 Å². The highest BCUT2D eigenvalue weighted by molar-refractivity contribution is 7.45. The Morgan fingerprint density at radius 2 is 0.659 bits per heavy atom. The van der Waals surface area contributed by atoms with Crippen LogP contribution in [0.5, 0.6) is 0 Å². The Kier molecular flexibility index (Phi) is 66.1. The Labute approximate surface area is 531 Å². The number of hydrogen-bond donors (Lipinski definition) is 2. The summed E-state index contributed by atoms with van der Waals surface area (Å²) in [6.07, 6.45) is 90.2. The number of allylic oxidation sites excluding steroid dienone is 5. The average molecular weight is 1220 g/mol. The van der Waals surface area contributed by atoms with Crippen molar-refractivity contribution in [1.29, 1.82) is 0 Å². The van der Waals surface area contributed by atoms with Crippen molar-refractivity contribution in [3.8, 4) is 0 Å². The second-order valence-electron chi connectivity index (χ2n) is 27.4. The zero-order valence-corrected chi connectivity index (χ0v) is 58.7. The molecule has 0 rings (SSSR count). The number of hydrogen-bond acceptors (Lipinski definition) is 6. The van der Waals surface area contributed by atoms with Crippen LogP contribution < -0.4 is 10.2 Å². The molecule has 0 radical (unpaired) electrons. The lowest BCUT2D eigenvalue weighted by atomic mass is 10.0. The Morgan fingerprint density at radius 1 is 0.400 bits per heavy atom. The van der Waals surface area contributed by atoms with E-state index in [1.54, 1.807) is 6.08 Å². The Balaban J connectivity index is 3.96. The van der Waals surface area contributed by atoms with Crippen molar-refractivity contribution in [2.75, 3.05) is 40.9 Å². The number of unbranched alkanes of at least 4 members (excludes halogenated alkanes) is 54. The van der Waals surface area contributed by atoms with Gasteiger partial charge in [0, 0.05) is 6.42 Å². The first-order chi connectivity index (χ1) is 41.5. The van der Waals surface area contributed by atoms with Gasteiger partial charge in [-0.2, -0.15) is 0 Å². The minimum Gasteiger partial charge on any atom is -0.756 e. The van der Waals surface area contributed by atoms with Gasteiger partial charge in [-0.05, 0) is 57.8 Å². The molecule has 0 aliphatic rings. The number of aliphatic hydroxyl groups is 1. The normalized spacial score (nSPS) is 13.7. The van der Waals surface area contributed by atoms with Crippen molar-refractivity contribution >= 4 is 13.7 Å². The second-order valence-corrected chi connectivity index (χ2v) is 28.8. The number of likely N-dealkylation sites (N-methyl/N-ethyl adjacent to an activating group) is 1. The maximum Gasteiger partial charge on any atom is 0.268 e. The zero-order valence-electron chi connectivity index (χ0n) is 57.8. The Morgan fingerprint density at radius 3 is 0.953 bits per heavy atom. The predicted octanol–water partition coefficient (Wildman–Crippen LogP) is 23.8. The van der Waals surface area contributed by atoms with E-state index in [-0.39, 0.29) is 19.1 Å². The number of carbonyl (C=O) groups excluding carboxylic acids is 1. The number of rotatable bonds is 71. The number of amides is 1. The SMILES string of the molecule is CCCCCCCCCCCCCCCCCCCC/C=C\CCCCCCCCCCCCCCCCCCCC(=O)NC(COP(=O)([O-])OCC[N+](C)(C)C)C(O)/C=C/CC/C=C/CCCCCCCCCCCCCCCCCCCC. The monoisotopic (exact) mass is 1220 g/mol. The molecule has 3 atom stereocenters. The van der Waals surface area contributed by atoms with Gasteiger partial charge in [-0.3, -0.25) is 9.36 Å². The molecule has 0 aromatic rings. The summed E-state index contributed by atoms with van der Waals surface area (Å²) in [5.74, 6) is -0.200. The van der Waals surface area contributed by atoms with Gasteiger partial charge < -0.3 is 28.8 Å². The molecule has 0 saturated carbocycles. The van der Waals surface area contributed by atoms with Crippen molar-refractivity contribution in [3.05, 3.63) is 36.5 Å². The third-order valence-electron chi connectivity index (χ3n) is 17.6. The van der Waals surface area contributed by atoms with E-state index in [4.69, 9.17) is 9.05 Å². The summed E-state index contributed by atoms with van der Waals surface area (Å²) in [6, 6.07) is -0.904. The van der Waals surface area contributed by atoms with Gasteiger partial charge in [-0.15, -0.1) is 0 Å². The lowest BCUT2D eigenvalue weighted by Crippen LogP contribution is -2.45. The number of nitrogens with one attached hydrogen (secondary N) is 1. The summed E-state index contributed by atoms with van der Waals surface area (Å²) in [4.78, 5) is 25.6. The van der Waals surface area contributed by atoms with E-state index in [9.17, 15) is 19.4 Å². The van der Waals surface area contributed by atoms with E-state index >= 15 is 0 Å². The molecule has 9 heteroatoms. The molecule has 0 aliphatic heterocycles. The molecular weight excluding hydrogens is 1070 g/mol. The fourth-order valence-electron chi connectivity index (χ4n) is 11.7. The fraction of sp³-hybridized carbons (Fsp3) is 0.908. The standard InChI is InChI=1S/C76H149N2O6P/c1-6-8-10-12-14-16-18-20-22-24-26-28-30-32-33-34-35-36-37-38-39-40-41-42-43-44-45-46-48-50-52-54-56-58-60-62-64-66-68-70-76(80)77-74(73-84-85(81,82)83-72-71-78(3,4)5)75(79)69-67-65-63-61-59-57-55-53-51-49-47-31-29-27-25-23-21-19-17-15-13-11-9-7-2/h38-39,59,61,67,69,74-75,79H,6-37,40-58,60,62-66,68,70-73H2,1-5H3,(H-,77,80,81,82)/b39-38-,61-59+,69-67+. The highest BCUT2D eigenvalue weighted by atomic mass is 31.2. The minimum atomic E-state index is -4.61. The number of quaternary nitrogens is 1. The molecule has 0 fully saturated rings. The van der Waals surface area contributed by atoms with Gasteiger partial charge in [-0.25, -0.2) is 0 Å². The molecule has 0 aromatic heterocycles. The molecule has 3 unspecified atom stereocenters. The zero-order chi connectivity index (χ0) is 61.9. The first-order valence-electron chi connectivity index (χ1n) is 37.9. The number of nitrogens with zero attached hydrogens (tertiary/aromatic N) is 1. The quantitative estimate of drug-likeness (QED) is 0.0272. The highest BCUT2D eigenvalue weighted by Gasteiger charge is 2.23. The van der Waals surface area contributed by atoms with Crippen LogP contribution >= 0.6 is 7.82 Å². The topological polar surface area (TPSA) is 108 Å². The summed E-state index contributed by atoms with van der Waals surface area (Å²) in [6.45, 7) is 4.69. The van der Waals surface area contributed by atoms with Crippen molar-refractivity contribution in [2.24, 2.45) is 0 Å². The van der Waals surface area contributed by atoms with Crippen LogP contribution in [0.15, 0.2) is 36.5 Å². The van der Waals surface area contributed by atoms with E-state index in [0.29, 0.717) is 17.4 Å². The summed E-state index contributed by atoms with van der Waals surface area (Å²) in [7, 11) is 1.26. The van der Waals surface area contributed by atoms with E-state index in [0.717, 1.165) is 38.5 Å². The highest BCUT2D eigenvalue weighted by Crippen LogP contribution is 2.38. The van der Waals surface area contributed by atoms with Gasteiger partial charge in [0.25, 0.3) is 7.82 Å². The number of phosphoric acid groups is 1. The first-order valence-corrected chi connectivity index (χ1v) is 39.3. The number of carbonyl (C=O) groups is 1. The van der Waals surface area contributed by atoms with Crippen molar-refractivity contribution in [2.45, 2.75) is 405 Å². The average Bonchev–Trinajstić information content (AvgIpc) is 3.49. The van der Waals surface area contributed by atoms with Crippen LogP contribution in [0.3, 0.4) is 0 Å². The minimum absolute atomic E-state index is 0.00460. The van der Waals surface area contributed by atoms with Crippen LogP contribution in [-0.4, -0.2) is 68.5 Å². The van der Waals surface area contributed by atoms with Gasteiger partial charge in [0.2, 0.25) is 5.91 Å². The largest absolute Gasteiger partial charge is 0.756 e. The predicted molar refractivity (Wildman–Crippen MR) is 372 cm³/mol. The van der Waals surface area contributed by atoms with Crippen molar-refractivity contribution in [3.63, 3.8) is 0 Å². The van der Waals surface area contributed by atoms with Crippen LogP contribution in [-0.2, 0) is 18.4 Å². The molecular formula is C76H149N2O6P. The summed E-state index contributed by atoms with van der Waals surface area (Å²) in [5, 5.41) is 14.0. The van der Waals surface area contributed by atoms with E-state index < -0.39 is 20.0 Å². The van der Waals surface area contributed by atoms with Gasteiger partial charge in [-0.1, -0.05) is 365 Å². The van der Waals surface area contributed by atoms with Crippen LogP contribution in [0.2, 0.25) is 0 Å². The van der Waals surface area contributed by atoms with Crippen molar-refractivity contribution < 1.29 is 32.9 Å². The van der Waals surface area contributed by atoms with E-state index in [2.05, 4.69) is 43.5 Å². The van der Waals surface area contributed by atoms with Gasteiger partial charge in [0.15, 0.2) is 0 Å². The maximum atomic E-state index is 13.0. The molecule has 0 saturated heterocycles. The maximum absolute atomic E-state index is 13.0. The molecule has 8 nitrogen and oxygen atoms in total. The van der Waals surface area contributed by atoms with E-state index in [1.165, 1.54) is 334 Å². The Hall–Kier alpha value is -1.28. The van der Waals surface area contributed by atoms with Gasteiger partial charge >= 0.3 is 0 Å². The molecule has 2 N–H and O–H groups in total. The summed E-state index contributed by atoms with van der Waals surface area (Å²) < 4.78 is 23.5. The van der Waals surface area contributed by atoms with Crippen LogP contribution in [0, 0.1) is 0 Å². The summed E-state index contributed by atoms with van der Waals surface area (Å²) in [5.41, 5.74) is 0. The third-order valence-corrected chi connectivity index (χ3v) is 18.5. The van der Waals surface area contributed by atoms with Gasteiger partial charge in [0.05, 0.1) is 39.9 Å². The Bertz CT molecular complexity index is 1480. The molecule has 0 aliphatic carbocycles. The lowest BCUT2D eigenvalue weighted by molar-refractivity contribution is -0.870. The molecule has 504 valence electrons. The third kappa shape index (κ3) is 70.0. The fourth-order valence-corrected chi connectivity index (χ4v) is 12.4.